The third-order valence-corrected chi connectivity index (χ3v) is 3.75. The number of hydrogen-bond acceptors (Lipinski definition) is 4. The molecule has 0 bridgehead atoms. The van der Waals surface area contributed by atoms with Crippen molar-refractivity contribution in [3.05, 3.63) is 29.8 Å². The Kier molecular flexibility index (Phi) is 4.77. The molecule has 6 heteroatoms. The van der Waals surface area contributed by atoms with Crippen molar-refractivity contribution < 1.29 is 23.0 Å². The SMILES string of the molecule is CCNC1(C(=O)OC)CCC(Oc2ccc(F)c(F)c2)C1. The first-order valence-corrected chi connectivity index (χ1v) is 6.96. The molecule has 116 valence electrons. The summed E-state index contributed by atoms with van der Waals surface area (Å²) in [7, 11) is 1.35. The van der Waals surface area contributed by atoms with Crippen LogP contribution in [0.15, 0.2) is 18.2 Å². The third kappa shape index (κ3) is 3.32. The zero-order chi connectivity index (χ0) is 15.5. The molecule has 1 aliphatic carbocycles. The van der Waals surface area contributed by atoms with E-state index in [0.29, 0.717) is 25.8 Å². The zero-order valence-electron chi connectivity index (χ0n) is 12.1. The molecule has 2 rings (SSSR count). The summed E-state index contributed by atoms with van der Waals surface area (Å²) in [5, 5.41) is 3.16. The number of nitrogens with one attached hydrogen (secondary N) is 1. The molecule has 4 nitrogen and oxygen atoms in total. The number of hydrogen-bond donors (Lipinski definition) is 1. The molecular weight excluding hydrogens is 280 g/mol. The number of esters is 1. The molecule has 0 amide bonds. The summed E-state index contributed by atoms with van der Waals surface area (Å²) < 4.78 is 36.6. The minimum absolute atomic E-state index is 0.243. The molecule has 1 aromatic carbocycles. The fraction of sp³-hybridized carbons (Fsp3) is 0.533. The van der Waals surface area contributed by atoms with Crippen molar-refractivity contribution >= 4 is 5.97 Å². The number of methoxy groups -OCH3 is 1. The molecule has 0 aliphatic heterocycles. The van der Waals surface area contributed by atoms with E-state index in [0.717, 1.165) is 12.1 Å². The van der Waals surface area contributed by atoms with Crippen LogP contribution >= 0.6 is 0 Å². The second kappa shape index (κ2) is 6.39. The summed E-state index contributed by atoms with van der Waals surface area (Å²) >= 11 is 0. The molecule has 0 radical (unpaired) electrons. The first-order valence-electron chi connectivity index (χ1n) is 6.96. The van der Waals surface area contributed by atoms with Crippen LogP contribution in [0, 0.1) is 11.6 Å². The Balaban J connectivity index is 2.06. The molecule has 1 aromatic rings. The minimum Gasteiger partial charge on any atom is -0.490 e. The molecule has 1 aliphatic rings. The van der Waals surface area contributed by atoms with E-state index in [1.807, 2.05) is 6.92 Å². The molecule has 0 spiro atoms. The van der Waals surface area contributed by atoms with Gasteiger partial charge < -0.3 is 14.8 Å². The highest BCUT2D eigenvalue weighted by atomic mass is 19.2. The normalized spacial score (nSPS) is 24.9. The number of carbonyl (C=O) groups excluding carboxylic acids is 1. The molecule has 2 unspecified atom stereocenters. The Morgan fingerprint density at radius 2 is 2.19 bits per heavy atom. The first-order chi connectivity index (χ1) is 10.0. The van der Waals surface area contributed by atoms with Gasteiger partial charge in [-0.2, -0.15) is 0 Å². The van der Waals surface area contributed by atoms with E-state index in [-0.39, 0.29) is 17.8 Å². The highest BCUT2D eigenvalue weighted by Gasteiger charge is 2.46. The molecule has 2 atom stereocenters. The largest absolute Gasteiger partial charge is 0.490 e. The monoisotopic (exact) mass is 299 g/mol. The van der Waals surface area contributed by atoms with E-state index >= 15 is 0 Å². The summed E-state index contributed by atoms with van der Waals surface area (Å²) in [5.74, 6) is -1.92. The lowest BCUT2D eigenvalue weighted by molar-refractivity contribution is -0.148. The van der Waals surface area contributed by atoms with Gasteiger partial charge in [0.1, 0.15) is 17.4 Å². The zero-order valence-corrected chi connectivity index (χ0v) is 12.1. The summed E-state index contributed by atoms with van der Waals surface area (Å²) in [6, 6.07) is 3.42. The lowest BCUT2D eigenvalue weighted by Gasteiger charge is -2.27. The highest BCUT2D eigenvalue weighted by Crippen LogP contribution is 2.34. The summed E-state index contributed by atoms with van der Waals surface area (Å²) in [5.41, 5.74) is -0.757. The molecule has 1 saturated carbocycles. The third-order valence-electron chi connectivity index (χ3n) is 3.75. The Morgan fingerprint density at radius 3 is 2.81 bits per heavy atom. The molecule has 0 aromatic heterocycles. The number of rotatable bonds is 5. The maximum atomic E-state index is 13.2. The van der Waals surface area contributed by atoms with Gasteiger partial charge in [-0.15, -0.1) is 0 Å². The van der Waals surface area contributed by atoms with Crippen molar-refractivity contribution in [2.75, 3.05) is 13.7 Å². The Labute approximate surface area is 122 Å². The van der Waals surface area contributed by atoms with Crippen molar-refractivity contribution in [3.63, 3.8) is 0 Å². The molecule has 1 N–H and O–H groups in total. The van der Waals surface area contributed by atoms with Gasteiger partial charge >= 0.3 is 5.97 Å². The molecule has 1 fully saturated rings. The van der Waals surface area contributed by atoms with Crippen LogP contribution in [0.2, 0.25) is 0 Å². The standard InChI is InChI=1S/C15H19F2NO3/c1-3-18-15(14(19)20-2)7-6-11(9-15)21-10-4-5-12(16)13(17)8-10/h4-5,8,11,18H,3,6-7,9H2,1-2H3. The van der Waals surface area contributed by atoms with Crippen molar-refractivity contribution in [2.45, 2.75) is 37.8 Å². The summed E-state index contributed by atoms with van der Waals surface area (Å²) in [6.07, 6.45) is 1.42. The number of benzene rings is 1. The maximum absolute atomic E-state index is 13.2. The fourth-order valence-electron chi connectivity index (χ4n) is 2.80. The summed E-state index contributed by atoms with van der Waals surface area (Å²) in [6.45, 7) is 2.54. The molecule has 21 heavy (non-hydrogen) atoms. The maximum Gasteiger partial charge on any atom is 0.326 e. The first kappa shape index (κ1) is 15.7. The average molecular weight is 299 g/mol. The average Bonchev–Trinajstić information content (AvgIpc) is 2.87. The van der Waals surface area contributed by atoms with Crippen molar-refractivity contribution in [1.29, 1.82) is 0 Å². The van der Waals surface area contributed by atoms with Gasteiger partial charge in [-0.05, 0) is 31.5 Å². The van der Waals surface area contributed by atoms with E-state index in [9.17, 15) is 13.6 Å². The van der Waals surface area contributed by atoms with Crippen LogP contribution in [0.4, 0.5) is 8.78 Å². The Morgan fingerprint density at radius 1 is 1.43 bits per heavy atom. The predicted molar refractivity (Wildman–Crippen MR) is 73.0 cm³/mol. The quantitative estimate of drug-likeness (QED) is 0.848. The second-order valence-electron chi connectivity index (χ2n) is 5.16. The van der Waals surface area contributed by atoms with Crippen molar-refractivity contribution in [2.24, 2.45) is 0 Å². The summed E-state index contributed by atoms with van der Waals surface area (Å²) in [4.78, 5) is 12.0. The minimum atomic E-state index is -0.948. The number of ether oxygens (including phenoxy) is 2. The highest BCUT2D eigenvalue weighted by molar-refractivity contribution is 5.81. The predicted octanol–water partition coefficient (Wildman–Crippen LogP) is 2.42. The van der Waals surface area contributed by atoms with Crippen molar-refractivity contribution in [3.8, 4) is 5.75 Å². The number of halogens is 2. The van der Waals surface area contributed by atoms with Gasteiger partial charge in [-0.3, -0.25) is 4.79 Å². The van der Waals surface area contributed by atoms with Gasteiger partial charge in [0.2, 0.25) is 0 Å². The van der Waals surface area contributed by atoms with E-state index < -0.39 is 17.2 Å². The second-order valence-corrected chi connectivity index (χ2v) is 5.16. The van der Waals surface area contributed by atoms with Gasteiger partial charge in [0.25, 0.3) is 0 Å². The van der Waals surface area contributed by atoms with Crippen LogP contribution in [0.5, 0.6) is 5.75 Å². The number of likely N-dealkylation sites (N-methyl/N-ethyl adjacent to an activating group) is 1. The van der Waals surface area contributed by atoms with Crippen LogP contribution in [-0.4, -0.2) is 31.3 Å². The molecule has 0 heterocycles. The fourth-order valence-corrected chi connectivity index (χ4v) is 2.80. The van der Waals surface area contributed by atoms with Gasteiger partial charge in [0, 0.05) is 12.5 Å². The lowest BCUT2D eigenvalue weighted by atomic mass is 9.97. The molecule has 0 saturated heterocycles. The van der Waals surface area contributed by atoms with E-state index in [1.54, 1.807) is 0 Å². The van der Waals surface area contributed by atoms with Gasteiger partial charge in [0.15, 0.2) is 11.6 Å². The Hall–Kier alpha value is -1.69. The van der Waals surface area contributed by atoms with Crippen LogP contribution in [0.1, 0.15) is 26.2 Å². The van der Waals surface area contributed by atoms with Crippen LogP contribution < -0.4 is 10.1 Å². The van der Waals surface area contributed by atoms with Crippen LogP contribution in [0.3, 0.4) is 0 Å². The van der Waals surface area contributed by atoms with E-state index in [2.05, 4.69) is 5.32 Å². The molecular formula is C15H19F2NO3. The lowest BCUT2D eigenvalue weighted by Crippen LogP contribution is -2.51. The van der Waals surface area contributed by atoms with Crippen LogP contribution in [-0.2, 0) is 9.53 Å². The van der Waals surface area contributed by atoms with Gasteiger partial charge in [0.05, 0.1) is 7.11 Å². The van der Waals surface area contributed by atoms with Crippen LogP contribution in [0.25, 0.3) is 0 Å². The topological polar surface area (TPSA) is 47.6 Å². The van der Waals surface area contributed by atoms with E-state index in [4.69, 9.17) is 9.47 Å². The van der Waals surface area contributed by atoms with E-state index in [1.165, 1.54) is 13.2 Å². The Bertz CT molecular complexity index is 524. The smallest absolute Gasteiger partial charge is 0.326 e. The number of carbonyl (C=O) groups is 1. The van der Waals surface area contributed by atoms with Crippen molar-refractivity contribution in [1.82, 2.24) is 5.32 Å². The van der Waals surface area contributed by atoms with Gasteiger partial charge in [-0.25, -0.2) is 8.78 Å². The van der Waals surface area contributed by atoms with Gasteiger partial charge in [-0.1, -0.05) is 6.92 Å².